The van der Waals surface area contributed by atoms with Gasteiger partial charge in [-0.05, 0) is 43.3 Å². The molecular formula is C17H24N4OS. The van der Waals surface area contributed by atoms with Gasteiger partial charge in [0.15, 0.2) is 0 Å². The predicted molar refractivity (Wildman–Crippen MR) is 92.2 cm³/mol. The number of hydrogen-bond donors (Lipinski definition) is 1. The maximum Gasteiger partial charge on any atom is 0.234 e. The Kier molecular flexibility index (Phi) is 5.82. The predicted octanol–water partition coefficient (Wildman–Crippen LogP) is 2.51. The molecule has 1 aliphatic heterocycles. The lowest BCUT2D eigenvalue weighted by Gasteiger charge is -2.35. The first kappa shape index (κ1) is 16.2. The Morgan fingerprint density at radius 3 is 3.13 bits per heavy atom. The van der Waals surface area contributed by atoms with Gasteiger partial charge in [0.25, 0.3) is 0 Å². The number of likely N-dealkylation sites (tertiary alicyclic amines) is 1. The van der Waals surface area contributed by atoms with E-state index in [1.54, 1.807) is 11.3 Å². The van der Waals surface area contributed by atoms with Gasteiger partial charge in [0.05, 0.1) is 13.1 Å². The topological polar surface area (TPSA) is 50.2 Å². The lowest BCUT2D eigenvalue weighted by molar-refractivity contribution is -0.123. The van der Waals surface area contributed by atoms with Crippen molar-refractivity contribution in [2.24, 2.45) is 0 Å². The number of aromatic nitrogens is 2. The summed E-state index contributed by atoms with van der Waals surface area (Å²) in [6.07, 6.45) is 8.50. The third-order valence-electron chi connectivity index (χ3n) is 4.39. The summed E-state index contributed by atoms with van der Waals surface area (Å²) in [5.41, 5.74) is 0. The van der Waals surface area contributed by atoms with E-state index in [-0.39, 0.29) is 5.91 Å². The Morgan fingerprint density at radius 2 is 2.35 bits per heavy atom. The Labute approximate surface area is 141 Å². The fourth-order valence-corrected chi connectivity index (χ4v) is 3.79. The van der Waals surface area contributed by atoms with Crippen molar-refractivity contribution in [1.82, 2.24) is 20.0 Å². The highest BCUT2D eigenvalue weighted by molar-refractivity contribution is 7.09. The molecule has 2 aromatic heterocycles. The maximum absolute atomic E-state index is 12.2. The van der Waals surface area contributed by atoms with E-state index in [0.29, 0.717) is 19.1 Å². The normalized spacial score (nSPS) is 18.9. The Bertz CT molecular complexity index is 582. The lowest BCUT2D eigenvalue weighted by atomic mass is 9.99. The summed E-state index contributed by atoms with van der Waals surface area (Å²) < 4.78 is 1.98. The molecule has 5 nitrogen and oxygen atoms in total. The van der Waals surface area contributed by atoms with Crippen LogP contribution in [0.25, 0.3) is 0 Å². The molecular weight excluding hydrogens is 308 g/mol. The van der Waals surface area contributed by atoms with Gasteiger partial charge in [0.1, 0.15) is 0 Å². The van der Waals surface area contributed by atoms with E-state index in [9.17, 15) is 4.79 Å². The number of carbonyl (C=O) groups is 1. The van der Waals surface area contributed by atoms with Crippen molar-refractivity contribution in [1.29, 1.82) is 0 Å². The number of rotatable bonds is 7. The second-order valence-electron chi connectivity index (χ2n) is 6.03. The molecule has 124 valence electrons. The third-order valence-corrected chi connectivity index (χ3v) is 5.26. The summed E-state index contributed by atoms with van der Waals surface area (Å²) in [5.74, 6) is 0.129. The molecule has 0 aromatic carbocycles. The average Bonchev–Trinajstić information content (AvgIpc) is 3.26. The molecule has 1 N–H and O–H groups in total. The second kappa shape index (κ2) is 8.26. The van der Waals surface area contributed by atoms with E-state index in [0.717, 1.165) is 19.5 Å². The standard InChI is InChI=1S/C17H24N4OS/c22-17(18-13-16-6-3-12-23-16)14-20-9-2-1-5-15(20)7-11-21-10-4-8-19-21/h3-4,6,8,10,12,15H,1-2,5,7,9,11,13-14H2,(H,18,22). The summed E-state index contributed by atoms with van der Waals surface area (Å²) >= 11 is 1.68. The molecule has 2 aromatic rings. The van der Waals surface area contributed by atoms with Crippen LogP contribution in [0.5, 0.6) is 0 Å². The molecule has 3 rings (SSSR count). The summed E-state index contributed by atoms with van der Waals surface area (Å²) in [7, 11) is 0. The number of thiophene rings is 1. The number of hydrogen-bond acceptors (Lipinski definition) is 4. The maximum atomic E-state index is 12.2. The van der Waals surface area contributed by atoms with Gasteiger partial charge < -0.3 is 5.32 Å². The van der Waals surface area contributed by atoms with Crippen LogP contribution < -0.4 is 5.32 Å². The van der Waals surface area contributed by atoms with Crippen LogP contribution in [0.3, 0.4) is 0 Å². The minimum atomic E-state index is 0.129. The Balaban J connectivity index is 1.46. The van der Waals surface area contributed by atoms with Crippen molar-refractivity contribution in [2.75, 3.05) is 13.1 Å². The van der Waals surface area contributed by atoms with Crippen molar-refractivity contribution in [2.45, 2.75) is 44.8 Å². The van der Waals surface area contributed by atoms with Crippen molar-refractivity contribution >= 4 is 17.2 Å². The van der Waals surface area contributed by atoms with Crippen molar-refractivity contribution in [3.8, 4) is 0 Å². The quantitative estimate of drug-likeness (QED) is 0.847. The SMILES string of the molecule is O=C(CN1CCCCC1CCn1cccn1)NCc1cccs1. The van der Waals surface area contributed by atoms with E-state index in [1.807, 2.05) is 34.6 Å². The van der Waals surface area contributed by atoms with E-state index in [4.69, 9.17) is 0 Å². The summed E-state index contributed by atoms with van der Waals surface area (Å²) in [6, 6.07) is 6.51. The molecule has 0 radical (unpaired) electrons. The van der Waals surface area contributed by atoms with Gasteiger partial charge in [-0.2, -0.15) is 5.10 Å². The highest BCUT2D eigenvalue weighted by Crippen LogP contribution is 2.20. The van der Waals surface area contributed by atoms with E-state index in [2.05, 4.69) is 21.4 Å². The van der Waals surface area contributed by atoms with Crippen LogP contribution in [0, 0.1) is 0 Å². The van der Waals surface area contributed by atoms with Crippen LogP contribution in [0.1, 0.15) is 30.6 Å². The number of carbonyl (C=O) groups excluding carboxylic acids is 1. The molecule has 0 bridgehead atoms. The van der Waals surface area contributed by atoms with Gasteiger partial charge in [0.2, 0.25) is 5.91 Å². The van der Waals surface area contributed by atoms with Crippen LogP contribution >= 0.6 is 11.3 Å². The number of piperidine rings is 1. The van der Waals surface area contributed by atoms with Crippen molar-refractivity contribution in [3.05, 3.63) is 40.8 Å². The fraction of sp³-hybridized carbons (Fsp3) is 0.529. The molecule has 1 atom stereocenters. The molecule has 3 heterocycles. The minimum absolute atomic E-state index is 0.129. The van der Waals surface area contributed by atoms with Gasteiger partial charge in [-0.25, -0.2) is 0 Å². The van der Waals surface area contributed by atoms with Gasteiger partial charge in [-0.3, -0.25) is 14.4 Å². The first-order valence-electron chi connectivity index (χ1n) is 8.32. The van der Waals surface area contributed by atoms with Crippen molar-refractivity contribution < 1.29 is 4.79 Å². The third kappa shape index (κ3) is 4.91. The largest absolute Gasteiger partial charge is 0.350 e. The van der Waals surface area contributed by atoms with Crippen LogP contribution in [0.4, 0.5) is 0 Å². The molecule has 1 saturated heterocycles. The van der Waals surface area contributed by atoms with E-state index in [1.165, 1.54) is 24.1 Å². The molecule has 23 heavy (non-hydrogen) atoms. The lowest BCUT2D eigenvalue weighted by Crippen LogP contribution is -2.45. The monoisotopic (exact) mass is 332 g/mol. The molecule has 1 aliphatic rings. The zero-order chi connectivity index (χ0) is 15.9. The van der Waals surface area contributed by atoms with Gasteiger partial charge >= 0.3 is 0 Å². The summed E-state index contributed by atoms with van der Waals surface area (Å²) in [4.78, 5) is 15.8. The summed E-state index contributed by atoms with van der Waals surface area (Å²) in [5, 5.41) is 9.34. The molecule has 0 aliphatic carbocycles. The smallest absolute Gasteiger partial charge is 0.234 e. The zero-order valence-corrected chi connectivity index (χ0v) is 14.2. The first-order valence-corrected chi connectivity index (χ1v) is 9.20. The Morgan fingerprint density at radius 1 is 1.39 bits per heavy atom. The number of aryl methyl sites for hydroxylation is 1. The van der Waals surface area contributed by atoms with E-state index >= 15 is 0 Å². The minimum Gasteiger partial charge on any atom is -0.350 e. The molecule has 6 heteroatoms. The van der Waals surface area contributed by atoms with Crippen LogP contribution in [-0.4, -0.2) is 39.7 Å². The van der Waals surface area contributed by atoms with Gasteiger partial charge in [0, 0.05) is 29.9 Å². The molecule has 1 amide bonds. The Hall–Kier alpha value is -1.66. The first-order chi connectivity index (χ1) is 11.3. The van der Waals surface area contributed by atoms with Gasteiger partial charge in [-0.15, -0.1) is 11.3 Å². The second-order valence-corrected chi connectivity index (χ2v) is 7.07. The fourth-order valence-electron chi connectivity index (χ4n) is 3.15. The number of nitrogens with zero attached hydrogens (tertiary/aromatic N) is 3. The molecule has 0 spiro atoms. The molecule has 1 fully saturated rings. The zero-order valence-electron chi connectivity index (χ0n) is 13.4. The van der Waals surface area contributed by atoms with Crippen LogP contribution in [-0.2, 0) is 17.9 Å². The van der Waals surface area contributed by atoms with E-state index < -0.39 is 0 Å². The highest BCUT2D eigenvalue weighted by atomic mass is 32.1. The highest BCUT2D eigenvalue weighted by Gasteiger charge is 2.24. The number of nitrogens with one attached hydrogen (secondary N) is 1. The number of amides is 1. The van der Waals surface area contributed by atoms with Crippen molar-refractivity contribution in [3.63, 3.8) is 0 Å². The molecule has 0 saturated carbocycles. The van der Waals surface area contributed by atoms with Crippen LogP contribution in [0.15, 0.2) is 36.0 Å². The van der Waals surface area contributed by atoms with Gasteiger partial charge in [-0.1, -0.05) is 12.5 Å². The average molecular weight is 332 g/mol. The van der Waals surface area contributed by atoms with Crippen LogP contribution in [0.2, 0.25) is 0 Å². The molecule has 1 unspecified atom stereocenters. The summed E-state index contributed by atoms with van der Waals surface area (Å²) in [6.45, 7) is 3.10.